The van der Waals surface area contributed by atoms with Gasteiger partial charge in [0.15, 0.2) is 0 Å². The molecule has 0 spiro atoms. The van der Waals surface area contributed by atoms with Gasteiger partial charge in [-0.05, 0) is 63.8 Å². The highest BCUT2D eigenvalue weighted by Crippen LogP contribution is 2.44. The first kappa shape index (κ1) is 23.7. The van der Waals surface area contributed by atoms with E-state index in [1.807, 2.05) is 24.3 Å². The second kappa shape index (κ2) is 10.5. The summed E-state index contributed by atoms with van der Waals surface area (Å²) in [4.78, 5) is 2.49. The summed E-state index contributed by atoms with van der Waals surface area (Å²) in [6.07, 6.45) is 1.61. The highest BCUT2D eigenvalue weighted by molar-refractivity contribution is 6.36. The summed E-state index contributed by atoms with van der Waals surface area (Å²) in [6, 6.07) is 19.4. The molecule has 0 bridgehead atoms. The second-order valence-corrected chi connectivity index (χ2v) is 9.17. The van der Waals surface area contributed by atoms with E-state index in [4.69, 9.17) is 23.2 Å². The van der Waals surface area contributed by atoms with Crippen molar-refractivity contribution in [3.05, 3.63) is 69.7 Å². The lowest BCUT2D eigenvalue weighted by Crippen LogP contribution is -2.37. The molecule has 0 aromatic heterocycles. The summed E-state index contributed by atoms with van der Waals surface area (Å²) < 4.78 is 0. The SMILES string of the molecule is CC(C)N(CCCC(C#N)(c1c(Cl)cccc1Cl)C(C)C)C(C)c1ccccc1. The quantitative estimate of drug-likeness (QED) is 0.407. The summed E-state index contributed by atoms with van der Waals surface area (Å²) in [5.74, 6) is 0.101. The van der Waals surface area contributed by atoms with Crippen LogP contribution in [0.1, 0.15) is 64.6 Å². The standard InChI is InChI=1S/C25H32Cl2N2/c1-18(2)25(17-28,24-22(26)13-9-14-23(24)27)15-10-16-29(19(3)4)20(5)21-11-7-6-8-12-21/h6-9,11-14,18-20H,10,15-16H2,1-5H3. The molecule has 2 unspecified atom stereocenters. The van der Waals surface area contributed by atoms with Gasteiger partial charge < -0.3 is 0 Å². The van der Waals surface area contributed by atoms with Crippen LogP contribution in [-0.2, 0) is 5.41 Å². The molecule has 0 heterocycles. The number of halogens is 2. The molecule has 0 amide bonds. The van der Waals surface area contributed by atoms with Crippen LogP contribution in [0.3, 0.4) is 0 Å². The summed E-state index contributed by atoms with van der Waals surface area (Å²) >= 11 is 13.0. The molecule has 0 aliphatic rings. The van der Waals surface area contributed by atoms with Crippen LogP contribution < -0.4 is 0 Å². The lowest BCUT2D eigenvalue weighted by Gasteiger charge is -2.36. The minimum atomic E-state index is -0.700. The van der Waals surface area contributed by atoms with Crippen molar-refractivity contribution < 1.29 is 0 Å². The first-order valence-electron chi connectivity index (χ1n) is 10.4. The fourth-order valence-electron chi connectivity index (χ4n) is 4.23. The van der Waals surface area contributed by atoms with Gasteiger partial charge in [0.2, 0.25) is 0 Å². The number of nitrogens with zero attached hydrogens (tertiary/aromatic N) is 2. The fourth-order valence-corrected chi connectivity index (χ4v) is 4.96. The maximum Gasteiger partial charge on any atom is 0.0874 e. The molecule has 0 fully saturated rings. The average molecular weight is 431 g/mol. The summed E-state index contributed by atoms with van der Waals surface area (Å²) in [6.45, 7) is 11.8. The van der Waals surface area contributed by atoms with E-state index >= 15 is 0 Å². The maximum absolute atomic E-state index is 10.2. The minimum absolute atomic E-state index is 0.101. The monoisotopic (exact) mass is 430 g/mol. The lowest BCUT2D eigenvalue weighted by atomic mass is 9.69. The fraction of sp³-hybridized carbons (Fsp3) is 0.480. The summed E-state index contributed by atoms with van der Waals surface area (Å²) in [5, 5.41) is 11.4. The van der Waals surface area contributed by atoms with Crippen molar-refractivity contribution in [1.82, 2.24) is 4.90 Å². The van der Waals surface area contributed by atoms with E-state index in [1.165, 1.54) is 5.56 Å². The molecule has 156 valence electrons. The average Bonchev–Trinajstić information content (AvgIpc) is 2.69. The normalized spacial score (nSPS) is 14.8. The van der Waals surface area contributed by atoms with Crippen molar-refractivity contribution in [3.8, 4) is 6.07 Å². The zero-order valence-corrected chi connectivity index (χ0v) is 19.6. The van der Waals surface area contributed by atoms with E-state index in [-0.39, 0.29) is 5.92 Å². The Bertz CT molecular complexity index is 806. The molecule has 0 saturated heterocycles. The predicted octanol–water partition coefficient (Wildman–Crippen LogP) is 7.66. The molecular weight excluding hydrogens is 399 g/mol. The molecule has 29 heavy (non-hydrogen) atoms. The zero-order chi connectivity index (χ0) is 21.6. The molecular formula is C25H32Cl2N2. The van der Waals surface area contributed by atoms with Crippen LogP contribution >= 0.6 is 23.2 Å². The van der Waals surface area contributed by atoms with Crippen LogP contribution in [-0.4, -0.2) is 17.5 Å². The third-order valence-electron chi connectivity index (χ3n) is 6.02. The van der Waals surface area contributed by atoms with Crippen molar-refractivity contribution in [2.45, 2.75) is 65.0 Å². The van der Waals surface area contributed by atoms with Crippen LogP contribution in [0.4, 0.5) is 0 Å². The highest BCUT2D eigenvalue weighted by Gasteiger charge is 2.39. The van der Waals surface area contributed by atoms with Crippen LogP contribution in [0, 0.1) is 17.2 Å². The van der Waals surface area contributed by atoms with Gasteiger partial charge in [-0.15, -0.1) is 0 Å². The predicted molar refractivity (Wildman–Crippen MR) is 125 cm³/mol. The van der Waals surface area contributed by atoms with Gasteiger partial charge in [0, 0.05) is 27.7 Å². The van der Waals surface area contributed by atoms with E-state index < -0.39 is 5.41 Å². The van der Waals surface area contributed by atoms with Gasteiger partial charge in [-0.25, -0.2) is 0 Å². The first-order valence-corrected chi connectivity index (χ1v) is 11.2. The molecule has 0 saturated carbocycles. The number of hydrogen-bond donors (Lipinski definition) is 0. The Morgan fingerprint density at radius 1 is 0.931 bits per heavy atom. The van der Waals surface area contributed by atoms with E-state index in [0.29, 0.717) is 22.1 Å². The zero-order valence-electron chi connectivity index (χ0n) is 18.1. The van der Waals surface area contributed by atoms with E-state index in [9.17, 15) is 5.26 Å². The van der Waals surface area contributed by atoms with Crippen LogP contribution in [0.15, 0.2) is 48.5 Å². The molecule has 0 N–H and O–H groups in total. The Kier molecular flexibility index (Phi) is 8.58. The molecule has 4 heteroatoms. The van der Waals surface area contributed by atoms with Gasteiger partial charge in [0.25, 0.3) is 0 Å². The molecule has 2 atom stereocenters. The molecule has 2 aromatic rings. The third kappa shape index (κ3) is 5.34. The third-order valence-corrected chi connectivity index (χ3v) is 6.65. The summed E-state index contributed by atoms with van der Waals surface area (Å²) in [7, 11) is 0. The van der Waals surface area contributed by atoms with Crippen LogP contribution in [0.5, 0.6) is 0 Å². The maximum atomic E-state index is 10.2. The summed E-state index contributed by atoms with van der Waals surface area (Å²) in [5.41, 5.74) is 1.38. The van der Waals surface area contributed by atoms with Gasteiger partial charge in [-0.3, -0.25) is 4.90 Å². The molecule has 2 nitrogen and oxygen atoms in total. The first-order chi connectivity index (χ1) is 13.7. The smallest absolute Gasteiger partial charge is 0.0874 e. The Morgan fingerprint density at radius 2 is 1.52 bits per heavy atom. The topological polar surface area (TPSA) is 27.0 Å². The van der Waals surface area contributed by atoms with Crippen molar-refractivity contribution >= 4 is 23.2 Å². The molecule has 0 aliphatic heterocycles. The van der Waals surface area contributed by atoms with Crippen molar-refractivity contribution in [3.63, 3.8) is 0 Å². The number of hydrogen-bond acceptors (Lipinski definition) is 2. The molecule has 2 aromatic carbocycles. The highest BCUT2D eigenvalue weighted by atomic mass is 35.5. The minimum Gasteiger partial charge on any atom is -0.294 e. The van der Waals surface area contributed by atoms with Crippen LogP contribution in [0.25, 0.3) is 0 Å². The largest absolute Gasteiger partial charge is 0.294 e. The van der Waals surface area contributed by atoms with Gasteiger partial charge in [-0.1, -0.05) is 73.4 Å². The van der Waals surface area contributed by atoms with Gasteiger partial charge in [0.1, 0.15) is 0 Å². The van der Waals surface area contributed by atoms with Crippen molar-refractivity contribution in [2.24, 2.45) is 5.92 Å². The lowest BCUT2D eigenvalue weighted by molar-refractivity contribution is 0.156. The Morgan fingerprint density at radius 3 is 2.00 bits per heavy atom. The number of rotatable bonds is 9. The number of benzene rings is 2. The van der Waals surface area contributed by atoms with Crippen molar-refractivity contribution in [1.29, 1.82) is 5.26 Å². The van der Waals surface area contributed by atoms with E-state index in [2.05, 4.69) is 69.9 Å². The molecule has 0 radical (unpaired) electrons. The van der Waals surface area contributed by atoms with Gasteiger partial charge >= 0.3 is 0 Å². The van der Waals surface area contributed by atoms with E-state index in [1.54, 1.807) is 0 Å². The van der Waals surface area contributed by atoms with Crippen LogP contribution in [0.2, 0.25) is 10.0 Å². The second-order valence-electron chi connectivity index (χ2n) is 8.36. The Labute approximate surface area is 186 Å². The Balaban J connectivity index is 2.24. The number of nitriles is 1. The Hall–Kier alpha value is -1.53. The van der Waals surface area contributed by atoms with Gasteiger partial charge in [-0.2, -0.15) is 5.26 Å². The molecule has 2 rings (SSSR count). The van der Waals surface area contributed by atoms with Crippen molar-refractivity contribution in [2.75, 3.05) is 6.54 Å². The van der Waals surface area contributed by atoms with Gasteiger partial charge in [0.05, 0.1) is 11.5 Å². The molecule has 0 aliphatic carbocycles. The van der Waals surface area contributed by atoms with E-state index in [0.717, 1.165) is 24.9 Å².